The van der Waals surface area contributed by atoms with Crippen LogP contribution in [0.5, 0.6) is 92.0 Å². The molecule has 0 saturated carbocycles. The van der Waals surface area contributed by atoms with Crippen molar-refractivity contribution in [1.29, 1.82) is 0 Å². The van der Waals surface area contributed by atoms with Gasteiger partial charge in [-0.3, -0.25) is 19.9 Å². The maximum atomic E-state index is 13.0. The average Bonchev–Trinajstić information content (AvgIpc) is 1.00. The SMILES string of the molecule is C=C(N)C1Cc2cc(OC)c(OC)cc2-c2cnc3cc4c(cc3c21)OCO4.CCOC(=O)/C(=C/c1cc(OC)c(OC)cc1I)c1ccnc2cc3c(cc12)OCO3.COc1cc(I)c(CC(CO)c2ccnc3cc4c(cc23)OCO4)cc1OC.COc1cc2c(cc1OC)-c1cnc3cc4c(cc3c1C(CO)C2)OCO4. The standard InChI is InChI=1S/C23H20INO6.C22H20N2O4.C21H20INO5.C21H19NO5/c1-4-29-23(26)16(7-13-8-19(27-2)20(28-3)10-17(13)24)14-5-6-25-18-11-22-21(9-15(14)18)30-12-31-22;1-11(23)13-4-12-5-18(25-2)19(26-3)6-14(12)16-9-24-17-8-21-20(27-10-28-21)7-15(17)22(13)16;1-25-18-6-12(16(22)8-19(18)26-2)5-13(10-24)14-3-4-23-17-9-21-20(7-15(14)17)27-11-28-21;1-24-17-4-11-3-12(9-23)21-14-6-19-20(27-10-26-19)7-16(14)22-8-15(21)13(11)5-18(17)25-2/h5-11H,4,12H2,1-3H3;5-9,13H,1,4,10,23H2,2-3H3;3-4,6-9,13,24H,5,10-11H2,1-2H3;4-8,12,23H,3,9-10H2,1-2H3/b16-7+;;;. The number of carbonyl (C=O) groups is 1. The highest BCUT2D eigenvalue weighted by molar-refractivity contribution is 14.1. The third-order valence-electron chi connectivity index (χ3n) is 20.7. The van der Waals surface area contributed by atoms with Gasteiger partial charge in [-0.05, 0) is 212 Å². The maximum Gasteiger partial charge on any atom is 0.338 e. The Labute approximate surface area is 682 Å². The molecule has 2 aliphatic carbocycles. The Balaban J connectivity index is 0.000000120. The molecule has 3 atom stereocenters. The van der Waals surface area contributed by atoms with Gasteiger partial charge in [0.2, 0.25) is 27.2 Å². The molecule has 27 heteroatoms. The van der Waals surface area contributed by atoms with Crippen molar-refractivity contribution in [3.8, 4) is 114 Å². The smallest absolute Gasteiger partial charge is 0.338 e. The van der Waals surface area contributed by atoms with E-state index in [1.807, 2.05) is 116 Å². The second kappa shape index (κ2) is 33.6. The zero-order valence-corrected chi connectivity index (χ0v) is 68.0. The Morgan fingerprint density at radius 3 is 1.40 bits per heavy atom. The van der Waals surface area contributed by atoms with Gasteiger partial charge < -0.3 is 96.5 Å². The second-order valence-electron chi connectivity index (χ2n) is 26.9. The van der Waals surface area contributed by atoms with Gasteiger partial charge in [0.25, 0.3) is 0 Å². The van der Waals surface area contributed by atoms with Gasteiger partial charge >= 0.3 is 5.97 Å². The van der Waals surface area contributed by atoms with E-state index in [0.29, 0.717) is 121 Å². The summed E-state index contributed by atoms with van der Waals surface area (Å²) in [6, 6.07) is 34.6. The number of halogens is 2. The Hall–Kier alpha value is -11.7. The van der Waals surface area contributed by atoms with E-state index in [2.05, 4.69) is 71.7 Å². The van der Waals surface area contributed by atoms with Crippen LogP contribution in [0.4, 0.5) is 0 Å². The molecule has 3 unspecified atom stereocenters. The number of methoxy groups -OCH3 is 8. The molecule has 0 fully saturated rings. The molecule has 8 heterocycles. The number of nitrogens with zero attached hydrogens (tertiary/aromatic N) is 4. The first-order chi connectivity index (χ1) is 55.5. The fraction of sp³-hybridized carbons (Fsp3) is 0.253. The van der Waals surface area contributed by atoms with Crippen molar-refractivity contribution in [3.05, 3.63) is 198 Å². The van der Waals surface area contributed by atoms with Crippen molar-refractivity contribution in [2.75, 3.05) is 104 Å². The van der Waals surface area contributed by atoms with Crippen LogP contribution in [0.3, 0.4) is 0 Å². The van der Waals surface area contributed by atoms with Crippen LogP contribution >= 0.6 is 45.2 Å². The molecule has 0 radical (unpaired) electrons. The molecule has 0 spiro atoms. The van der Waals surface area contributed by atoms with E-state index in [4.69, 9.17) is 86.3 Å². The number of rotatable bonds is 18. The second-order valence-corrected chi connectivity index (χ2v) is 29.2. The zero-order chi connectivity index (χ0) is 79.6. The van der Waals surface area contributed by atoms with E-state index in [1.54, 1.807) is 88.3 Å². The molecule has 586 valence electrons. The molecule has 8 aromatic carbocycles. The molecule has 114 heavy (non-hydrogen) atoms. The normalized spacial score (nSPS) is 14.8. The van der Waals surface area contributed by atoms with Crippen molar-refractivity contribution in [2.45, 2.75) is 43.9 Å². The number of ether oxygens (including phenoxy) is 17. The number of allylic oxidation sites excluding steroid dienone is 1. The van der Waals surface area contributed by atoms with Crippen LogP contribution in [0.15, 0.2) is 146 Å². The summed E-state index contributed by atoms with van der Waals surface area (Å²) in [6.07, 6.45) is 11.1. The molecular weight excluding hydrogens is 1690 g/mol. The first-order valence-corrected chi connectivity index (χ1v) is 38.4. The van der Waals surface area contributed by atoms with Crippen LogP contribution < -0.4 is 81.5 Å². The van der Waals surface area contributed by atoms with Crippen LogP contribution in [0, 0.1) is 7.14 Å². The Bertz CT molecular complexity index is 5820. The number of aromatic nitrogens is 4. The third kappa shape index (κ3) is 14.9. The number of carbonyl (C=O) groups excluding carboxylic acids is 1. The number of aliphatic hydroxyl groups is 2. The Morgan fingerprint density at radius 1 is 0.500 bits per heavy atom. The summed E-state index contributed by atoms with van der Waals surface area (Å²) in [6.45, 7) is 6.97. The minimum atomic E-state index is -0.432. The molecule has 6 aliphatic rings. The highest BCUT2D eigenvalue weighted by atomic mass is 127. The minimum Gasteiger partial charge on any atom is -0.493 e. The van der Waals surface area contributed by atoms with E-state index in [-0.39, 0.29) is 64.7 Å². The van der Waals surface area contributed by atoms with Gasteiger partial charge in [-0.25, -0.2) is 4.79 Å². The fourth-order valence-electron chi connectivity index (χ4n) is 15.2. The predicted molar refractivity (Wildman–Crippen MR) is 444 cm³/mol. The number of hydrogen-bond acceptors (Lipinski definition) is 25. The number of hydrogen-bond donors (Lipinski definition) is 3. The highest BCUT2D eigenvalue weighted by Gasteiger charge is 2.34. The van der Waals surface area contributed by atoms with E-state index < -0.39 is 5.97 Å². The maximum absolute atomic E-state index is 13.0. The van der Waals surface area contributed by atoms with E-state index in [0.717, 1.165) is 119 Å². The molecule has 12 aromatic rings. The lowest BCUT2D eigenvalue weighted by Crippen LogP contribution is -2.18. The Kier molecular flexibility index (Phi) is 22.9. The quantitative estimate of drug-likeness (QED) is 0.0408. The van der Waals surface area contributed by atoms with E-state index in [1.165, 1.54) is 0 Å². The molecule has 0 saturated heterocycles. The van der Waals surface area contributed by atoms with Crippen molar-refractivity contribution in [3.63, 3.8) is 0 Å². The summed E-state index contributed by atoms with van der Waals surface area (Å²) in [5, 5.41) is 24.0. The first-order valence-electron chi connectivity index (χ1n) is 36.2. The number of esters is 1. The number of fused-ring (bicyclic) bond motifs is 16. The molecule has 4 aromatic heterocycles. The highest BCUT2D eigenvalue weighted by Crippen LogP contribution is 2.52. The van der Waals surface area contributed by atoms with Gasteiger partial charge in [0.15, 0.2) is 92.0 Å². The average molecular weight is 1770 g/mol. The van der Waals surface area contributed by atoms with Crippen LogP contribution in [-0.2, 0) is 28.8 Å². The van der Waals surface area contributed by atoms with E-state index in [9.17, 15) is 15.0 Å². The minimum absolute atomic E-state index is 0.0119. The van der Waals surface area contributed by atoms with Crippen molar-refractivity contribution in [1.82, 2.24) is 19.9 Å². The molecule has 0 amide bonds. The van der Waals surface area contributed by atoms with E-state index >= 15 is 0 Å². The van der Waals surface area contributed by atoms with Gasteiger partial charge in [-0.1, -0.05) is 6.58 Å². The number of aliphatic hydroxyl groups excluding tert-OH is 2. The molecule has 25 nitrogen and oxygen atoms in total. The first kappa shape index (κ1) is 77.6. The van der Waals surface area contributed by atoms with Crippen LogP contribution in [0.2, 0.25) is 0 Å². The van der Waals surface area contributed by atoms with Crippen molar-refractivity contribution < 1.29 is 95.5 Å². The number of pyridine rings is 4. The zero-order valence-electron chi connectivity index (χ0n) is 63.7. The summed E-state index contributed by atoms with van der Waals surface area (Å²) in [7, 11) is 12.9. The predicted octanol–water partition coefficient (Wildman–Crippen LogP) is 15.6. The number of nitrogens with two attached hydrogens (primary N) is 1. The lowest BCUT2D eigenvalue weighted by Gasteiger charge is -2.29. The third-order valence-corrected chi connectivity index (χ3v) is 22.6. The van der Waals surface area contributed by atoms with Crippen molar-refractivity contribution in [2.24, 2.45) is 5.73 Å². The van der Waals surface area contributed by atoms with Gasteiger partial charge in [-0.15, -0.1) is 0 Å². The fourth-order valence-corrected chi connectivity index (χ4v) is 16.4. The molecule has 4 aliphatic heterocycles. The topological polar surface area (TPSA) is 292 Å². The molecule has 18 rings (SSSR count). The lowest BCUT2D eigenvalue weighted by molar-refractivity contribution is -0.136. The largest absolute Gasteiger partial charge is 0.493 e. The summed E-state index contributed by atoms with van der Waals surface area (Å²) in [5.74, 6) is 10.2. The molecule has 0 bridgehead atoms. The van der Waals surface area contributed by atoms with Crippen LogP contribution in [0.25, 0.3) is 77.5 Å². The number of benzene rings is 8. The van der Waals surface area contributed by atoms with Gasteiger partial charge in [0.05, 0.1) is 104 Å². The molecular formula is C87H79I2N5O20. The Morgan fingerprint density at radius 2 is 0.912 bits per heavy atom. The monoisotopic (exact) mass is 1770 g/mol. The van der Waals surface area contributed by atoms with Gasteiger partial charge in [0.1, 0.15) is 0 Å². The van der Waals surface area contributed by atoms with Crippen LogP contribution in [-0.4, -0.2) is 140 Å². The lowest BCUT2D eigenvalue weighted by atomic mass is 9.76. The van der Waals surface area contributed by atoms with Gasteiger partial charge in [0, 0.05) is 118 Å². The summed E-state index contributed by atoms with van der Waals surface area (Å²) >= 11 is 4.49. The summed E-state index contributed by atoms with van der Waals surface area (Å²) < 4.78 is 95.0. The summed E-state index contributed by atoms with van der Waals surface area (Å²) in [5.41, 5.74) is 22.6. The summed E-state index contributed by atoms with van der Waals surface area (Å²) in [4.78, 5) is 31.2. The van der Waals surface area contributed by atoms with Crippen molar-refractivity contribution >= 4 is 106 Å². The van der Waals surface area contributed by atoms with Gasteiger partial charge in [-0.2, -0.15) is 0 Å². The molecule has 4 N–H and O–H groups in total. The van der Waals surface area contributed by atoms with Crippen LogP contribution in [0.1, 0.15) is 69.2 Å².